The number of hydrogen-bond donors (Lipinski definition) is 1. The molecule has 242 valence electrons. The van der Waals surface area contributed by atoms with Crippen molar-refractivity contribution in [3.8, 4) is 5.75 Å². The van der Waals surface area contributed by atoms with Crippen LogP contribution in [-0.2, 0) is 35.8 Å². The smallest absolute Gasteiger partial charge is 0.251 e. The summed E-state index contributed by atoms with van der Waals surface area (Å²) < 4.78 is 39.0. The molecule has 1 N–H and O–H groups in total. The van der Waals surface area contributed by atoms with Gasteiger partial charge in [-0.25, -0.2) is 8.42 Å². The second-order valence-corrected chi connectivity index (χ2v) is 13.9. The monoisotopic (exact) mass is 670 g/mol. The topological polar surface area (TPSA) is 106 Å². The third-order valence-corrected chi connectivity index (χ3v) is 9.80. The van der Waals surface area contributed by atoms with Crippen LogP contribution in [0.15, 0.2) is 95.4 Å². The normalized spacial score (nSPS) is 12.8. The molecule has 10 heteroatoms. The number of ether oxygens (including phenoxy) is 1. The van der Waals surface area contributed by atoms with Gasteiger partial charge in [0, 0.05) is 34.9 Å². The van der Waals surface area contributed by atoms with Gasteiger partial charge in [0.05, 0.1) is 36.7 Å². The van der Waals surface area contributed by atoms with Crippen LogP contribution in [-0.4, -0.2) is 39.5 Å². The summed E-state index contributed by atoms with van der Waals surface area (Å²) in [6.45, 7) is 0.0987. The molecule has 0 spiro atoms. The average molecular weight is 671 g/mol. The van der Waals surface area contributed by atoms with Gasteiger partial charge in [-0.2, -0.15) is 0 Å². The molecule has 0 saturated heterocycles. The molecule has 8 nitrogen and oxygen atoms in total. The van der Waals surface area contributed by atoms with Gasteiger partial charge in [-0.15, -0.1) is 0 Å². The number of fused-ring (bicyclic) bond motifs is 3. The fourth-order valence-electron chi connectivity index (χ4n) is 5.97. The van der Waals surface area contributed by atoms with Crippen LogP contribution in [0.25, 0.3) is 11.0 Å². The fraction of sp³-hybridized carbons (Fsp3) is 0.243. The van der Waals surface area contributed by atoms with Crippen LogP contribution >= 0.6 is 11.6 Å². The Hall–Kier alpha value is -4.60. The number of aryl methyl sites for hydroxylation is 2. The highest BCUT2D eigenvalue weighted by molar-refractivity contribution is 7.92. The van der Waals surface area contributed by atoms with Gasteiger partial charge in [0.2, 0.25) is 10.0 Å². The molecule has 4 aromatic carbocycles. The van der Waals surface area contributed by atoms with Crippen LogP contribution in [0.1, 0.15) is 56.0 Å². The zero-order valence-electron chi connectivity index (χ0n) is 26.0. The predicted molar refractivity (Wildman–Crippen MR) is 184 cm³/mol. The lowest BCUT2D eigenvalue weighted by Crippen LogP contribution is -2.31. The third kappa shape index (κ3) is 7.37. The molecule has 47 heavy (non-hydrogen) atoms. The molecular weight excluding hydrogens is 636 g/mol. The summed E-state index contributed by atoms with van der Waals surface area (Å²) in [5, 5.41) is 4.01. The third-order valence-electron chi connectivity index (χ3n) is 8.35. The lowest BCUT2D eigenvalue weighted by Gasteiger charge is -2.24. The summed E-state index contributed by atoms with van der Waals surface area (Å²) >= 11 is 6.42. The maximum atomic E-state index is 13.3. The number of anilines is 1. The number of rotatable bonds is 12. The zero-order valence-corrected chi connectivity index (χ0v) is 27.6. The molecule has 0 atom stereocenters. The largest absolute Gasteiger partial charge is 0.489 e. The van der Waals surface area contributed by atoms with Gasteiger partial charge in [-0.3, -0.25) is 13.9 Å². The van der Waals surface area contributed by atoms with E-state index in [-0.39, 0.29) is 35.1 Å². The van der Waals surface area contributed by atoms with Crippen molar-refractivity contribution in [2.45, 2.75) is 38.6 Å². The van der Waals surface area contributed by atoms with Gasteiger partial charge in [-0.05, 0) is 60.7 Å². The van der Waals surface area contributed by atoms with E-state index in [4.69, 9.17) is 20.8 Å². The Bertz CT molecular complexity index is 2040. The molecule has 1 aromatic heterocycles. The molecule has 6 rings (SSSR count). The lowest BCUT2D eigenvalue weighted by atomic mass is 9.96. The Balaban J connectivity index is 1.11. The van der Waals surface area contributed by atoms with Crippen molar-refractivity contribution in [2.75, 3.05) is 23.7 Å². The van der Waals surface area contributed by atoms with Crippen LogP contribution in [0.5, 0.6) is 5.75 Å². The maximum absolute atomic E-state index is 13.3. The second kappa shape index (κ2) is 14.0. The van der Waals surface area contributed by atoms with Gasteiger partial charge in [0.15, 0.2) is 17.1 Å². The molecule has 0 fully saturated rings. The number of carbonyl (C=O) groups is 2. The van der Waals surface area contributed by atoms with Crippen molar-refractivity contribution in [1.82, 2.24) is 5.32 Å². The average Bonchev–Trinajstić information content (AvgIpc) is 3.46. The van der Waals surface area contributed by atoms with E-state index in [0.29, 0.717) is 24.3 Å². The number of benzene rings is 4. The first-order valence-electron chi connectivity index (χ1n) is 15.6. The second-order valence-electron chi connectivity index (χ2n) is 11.6. The molecule has 0 saturated carbocycles. The van der Waals surface area contributed by atoms with Crippen molar-refractivity contribution < 1.29 is 27.2 Å². The minimum atomic E-state index is -3.73. The van der Waals surface area contributed by atoms with Crippen LogP contribution < -0.4 is 14.4 Å². The first kappa shape index (κ1) is 32.3. The molecule has 0 radical (unpaired) electrons. The van der Waals surface area contributed by atoms with Crippen molar-refractivity contribution in [2.24, 2.45) is 0 Å². The number of carbonyl (C=O) groups excluding carboxylic acids is 2. The molecule has 0 bridgehead atoms. The maximum Gasteiger partial charge on any atom is 0.251 e. The molecule has 0 unspecified atom stereocenters. The van der Waals surface area contributed by atoms with Crippen molar-refractivity contribution >= 4 is 50.0 Å². The first-order chi connectivity index (χ1) is 22.7. The standard InChI is InChI=1S/C37H35ClN2O6S/c1-47(43,44)40(24-25-10-3-2-4-11-25)32-22-27(18-19-31(32)38)33(41)23-39-37(42)28-13-6-5-12-26(28)20-21-45-35-17-9-15-30-29-14-7-8-16-34(29)46-36(30)35/h2-6,9-13,15,17-19,22H,7-8,14,16,20-21,23-24H2,1H3,(H,39,42). The summed E-state index contributed by atoms with van der Waals surface area (Å²) in [6, 6.07) is 26.7. The molecule has 1 heterocycles. The van der Waals surface area contributed by atoms with Gasteiger partial charge in [0.1, 0.15) is 5.76 Å². The number of nitrogens with zero attached hydrogens (tertiary/aromatic N) is 1. The Morgan fingerprint density at radius 1 is 0.936 bits per heavy atom. The fourth-order valence-corrected chi connectivity index (χ4v) is 7.13. The Kier molecular flexibility index (Phi) is 9.66. The number of halogens is 1. The molecule has 1 amide bonds. The zero-order chi connectivity index (χ0) is 33.0. The summed E-state index contributed by atoms with van der Waals surface area (Å²) in [5.41, 5.74) is 4.45. The SMILES string of the molecule is CS(=O)(=O)N(Cc1ccccc1)c1cc(C(=O)CNC(=O)c2ccccc2CCOc2cccc3c4c(oc23)CCCC4)ccc1Cl. The van der Waals surface area contributed by atoms with Crippen LogP contribution in [0.3, 0.4) is 0 Å². The number of hydrogen-bond acceptors (Lipinski definition) is 6. The highest BCUT2D eigenvalue weighted by Gasteiger charge is 2.23. The van der Waals surface area contributed by atoms with E-state index < -0.39 is 15.9 Å². The Morgan fingerprint density at radius 3 is 2.51 bits per heavy atom. The number of sulfonamides is 1. The number of nitrogens with one attached hydrogen (secondary N) is 1. The van der Waals surface area contributed by atoms with Crippen LogP contribution in [0.2, 0.25) is 5.02 Å². The highest BCUT2D eigenvalue weighted by Crippen LogP contribution is 2.36. The molecule has 0 aliphatic heterocycles. The summed E-state index contributed by atoms with van der Waals surface area (Å²) in [6.07, 6.45) is 5.81. The van der Waals surface area contributed by atoms with Gasteiger partial charge in [-0.1, -0.05) is 72.3 Å². The summed E-state index contributed by atoms with van der Waals surface area (Å²) in [7, 11) is -3.73. The minimum Gasteiger partial charge on any atom is -0.489 e. The molecular formula is C37H35ClN2O6S. The predicted octanol–water partition coefficient (Wildman–Crippen LogP) is 7.17. The first-order valence-corrected chi connectivity index (χ1v) is 17.8. The van der Waals surface area contributed by atoms with Crippen molar-refractivity contribution in [3.05, 3.63) is 130 Å². The minimum absolute atomic E-state index is 0.0486. The molecule has 1 aliphatic rings. The van der Waals surface area contributed by atoms with E-state index in [0.717, 1.165) is 59.8 Å². The quantitative estimate of drug-likeness (QED) is 0.141. The van der Waals surface area contributed by atoms with Crippen molar-refractivity contribution in [1.29, 1.82) is 0 Å². The van der Waals surface area contributed by atoms with Gasteiger partial charge in [0.25, 0.3) is 5.91 Å². The molecule has 1 aliphatic carbocycles. The number of furan rings is 1. The van der Waals surface area contributed by atoms with Gasteiger partial charge < -0.3 is 14.5 Å². The van der Waals surface area contributed by atoms with Gasteiger partial charge >= 0.3 is 0 Å². The summed E-state index contributed by atoms with van der Waals surface area (Å²) in [4.78, 5) is 26.5. The molecule has 5 aromatic rings. The Morgan fingerprint density at radius 2 is 1.70 bits per heavy atom. The van der Waals surface area contributed by atoms with E-state index in [1.807, 2.05) is 54.6 Å². The van der Waals surface area contributed by atoms with E-state index in [1.54, 1.807) is 12.1 Å². The van der Waals surface area contributed by atoms with E-state index in [2.05, 4.69) is 11.4 Å². The number of amides is 1. The Labute approximate surface area is 279 Å². The van der Waals surface area contributed by atoms with E-state index in [1.165, 1.54) is 28.1 Å². The van der Waals surface area contributed by atoms with Crippen molar-refractivity contribution in [3.63, 3.8) is 0 Å². The summed E-state index contributed by atoms with van der Waals surface area (Å²) in [5.74, 6) is 0.948. The number of Topliss-reactive ketones (excluding diaryl/α,β-unsaturated/α-hetero) is 1. The highest BCUT2D eigenvalue weighted by atomic mass is 35.5. The van der Waals surface area contributed by atoms with E-state index >= 15 is 0 Å². The van der Waals surface area contributed by atoms with Crippen LogP contribution in [0.4, 0.5) is 5.69 Å². The van der Waals surface area contributed by atoms with E-state index in [9.17, 15) is 18.0 Å². The lowest BCUT2D eigenvalue weighted by molar-refractivity contribution is 0.0903. The number of para-hydroxylation sites is 1. The number of ketones is 1. The van der Waals surface area contributed by atoms with Crippen LogP contribution in [0, 0.1) is 0 Å².